The van der Waals surface area contributed by atoms with Crippen LogP contribution in [0.25, 0.3) is 0 Å². The average Bonchev–Trinajstić information content (AvgIpc) is 2.39. The van der Waals surface area contributed by atoms with E-state index in [9.17, 15) is 0 Å². The van der Waals surface area contributed by atoms with Crippen molar-refractivity contribution in [2.24, 2.45) is 5.92 Å². The highest BCUT2D eigenvalue weighted by atomic mass is 15.2. The molecule has 1 rings (SSSR count). The molecule has 0 aromatic rings. The maximum atomic E-state index is 3.79. The van der Waals surface area contributed by atoms with Crippen LogP contribution in [0.3, 0.4) is 0 Å². The summed E-state index contributed by atoms with van der Waals surface area (Å²) in [5.41, 5.74) is 0. The monoisotopic (exact) mass is 210 g/mol. The number of hydrogen-bond acceptors (Lipinski definition) is 2. The van der Waals surface area contributed by atoms with Gasteiger partial charge in [-0.25, -0.2) is 0 Å². The maximum Gasteiger partial charge on any atom is 0.0197 e. The fourth-order valence-electron chi connectivity index (χ4n) is 2.28. The Morgan fingerprint density at radius 2 is 2.33 bits per heavy atom. The van der Waals surface area contributed by atoms with Crippen LogP contribution in [0.15, 0.2) is 12.7 Å². The van der Waals surface area contributed by atoms with Crippen molar-refractivity contribution in [2.75, 3.05) is 26.2 Å². The molecule has 0 bridgehead atoms. The van der Waals surface area contributed by atoms with Gasteiger partial charge in [0, 0.05) is 19.1 Å². The van der Waals surface area contributed by atoms with E-state index in [2.05, 4.69) is 30.6 Å². The van der Waals surface area contributed by atoms with E-state index in [1.54, 1.807) is 0 Å². The van der Waals surface area contributed by atoms with E-state index < -0.39 is 0 Å². The number of nitrogens with one attached hydrogen (secondary N) is 1. The average molecular weight is 210 g/mol. The molecule has 15 heavy (non-hydrogen) atoms. The van der Waals surface area contributed by atoms with E-state index >= 15 is 0 Å². The van der Waals surface area contributed by atoms with Crippen LogP contribution < -0.4 is 5.32 Å². The van der Waals surface area contributed by atoms with Gasteiger partial charge in [-0.2, -0.15) is 0 Å². The minimum atomic E-state index is 0.692. The molecule has 1 aliphatic heterocycles. The summed E-state index contributed by atoms with van der Waals surface area (Å²) in [6, 6.07) is 0.692. The van der Waals surface area contributed by atoms with Gasteiger partial charge in [-0.1, -0.05) is 19.9 Å². The predicted molar refractivity (Wildman–Crippen MR) is 67.1 cm³/mol. The van der Waals surface area contributed by atoms with Crippen LogP contribution in [0.2, 0.25) is 0 Å². The topological polar surface area (TPSA) is 15.3 Å². The van der Waals surface area contributed by atoms with Crippen LogP contribution in [0, 0.1) is 5.92 Å². The van der Waals surface area contributed by atoms with Crippen molar-refractivity contribution in [1.29, 1.82) is 0 Å². The third-order valence-electron chi connectivity index (χ3n) is 2.97. The van der Waals surface area contributed by atoms with Crippen LogP contribution in [0.5, 0.6) is 0 Å². The predicted octanol–water partition coefficient (Wildman–Crippen LogP) is 2.27. The largest absolute Gasteiger partial charge is 0.313 e. The summed E-state index contributed by atoms with van der Waals surface area (Å²) in [4.78, 5) is 2.58. The van der Waals surface area contributed by atoms with Crippen LogP contribution >= 0.6 is 0 Å². The Hall–Kier alpha value is -0.340. The fraction of sp³-hybridized carbons (Fsp3) is 0.846. The lowest BCUT2D eigenvalue weighted by Gasteiger charge is -2.25. The first-order valence-electron chi connectivity index (χ1n) is 6.29. The molecular weight excluding hydrogens is 184 g/mol. The van der Waals surface area contributed by atoms with Gasteiger partial charge >= 0.3 is 0 Å². The first-order chi connectivity index (χ1) is 7.22. The Labute approximate surface area is 94.7 Å². The number of hydrogen-bond donors (Lipinski definition) is 1. The summed E-state index contributed by atoms with van der Waals surface area (Å²) in [7, 11) is 0. The van der Waals surface area contributed by atoms with E-state index in [-0.39, 0.29) is 0 Å². The van der Waals surface area contributed by atoms with Crippen molar-refractivity contribution >= 4 is 0 Å². The van der Waals surface area contributed by atoms with E-state index in [1.807, 2.05) is 6.08 Å². The van der Waals surface area contributed by atoms with Crippen LogP contribution in [-0.4, -0.2) is 37.1 Å². The molecule has 1 atom stereocenters. The van der Waals surface area contributed by atoms with Gasteiger partial charge < -0.3 is 10.2 Å². The Morgan fingerprint density at radius 1 is 1.53 bits per heavy atom. The lowest BCUT2D eigenvalue weighted by Crippen LogP contribution is -2.38. The van der Waals surface area contributed by atoms with Gasteiger partial charge in [-0.15, -0.1) is 6.58 Å². The molecular formula is C13H26N2. The third-order valence-corrected chi connectivity index (χ3v) is 2.97. The van der Waals surface area contributed by atoms with Gasteiger partial charge in [0.25, 0.3) is 0 Å². The van der Waals surface area contributed by atoms with Gasteiger partial charge in [0.15, 0.2) is 0 Å². The summed E-state index contributed by atoms with van der Waals surface area (Å²) in [6.45, 7) is 13.2. The third kappa shape index (κ3) is 5.33. The van der Waals surface area contributed by atoms with Crippen LogP contribution in [0.1, 0.15) is 33.1 Å². The SMILES string of the molecule is C=CCCN1CCCNC(CC(C)C)C1. The first-order valence-corrected chi connectivity index (χ1v) is 6.29. The molecule has 1 N–H and O–H groups in total. The van der Waals surface area contributed by atoms with Crippen molar-refractivity contribution in [3.8, 4) is 0 Å². The van der Waals surface area contributed by atoms with Gasteiger partial charge in [0.05, 0.1) is 0 Å². The normalized spacial score (nSPS) is 24.1. The van der Waals surface area contributed by atoms with Crippen molar-refractivity contribution < 1.29 is 0 Å². The quantitative estimate of drug-likeness (QED) is 0.700. The van der Waals surface area contributed by atoms with Crippen LogP contribution in [0.4, 0.5) is 0 Å². The second-order valence-corrected chi connectivity index (χ2v) is 5.01. The zero-order valence-electron chi connectivity index (χ0n) is 10.3. The van der Waals surface area contributed by atoms with Crippen LogP contribution in [-0.2, 0) is 0 Å². The van der Waals surface area contributed by atoms with Gasteiger partial charge in [-0.3, -0.25) is 0 Å². The molecule has 0 aromatic heterocycles. The summed E-state index contributed by atoms with van der Waals surface area (Å²) in [5.74, 6) is 0.793. The molecule has 2 nitrogen and oxygen atoms in total. The molecule has 1 unspecified atom stereocenters. The summed E-state index contributed by atoms with van der Waals surface area (Å²) in [6.07, 6.45) is 5.72. The zero-order chi connectivity index (χ0) is 11.1. The minimum absolute atomic E-state index is 0.692. The molecule has 0 spiro atoms. The fourth-order valence-corrected chi connectivity index (χ4v) is 2.28. The van der Waals surface area contributed by atoms with Gasteiger partial charge in [0.2, 0.25) is 0 Å². The van der Waals surface area contributed by atoms with Crippen molar-refractivity contribution in [3.63, 3.8) is 0 Å². The van der Waals surface area contributed by atoms with Crippen molar-refractivity contribution in [1.82, 2.24) is 10.2 Å². The lowest BCUT2D eigenvalue weighted by atomic mass is 10.0. The van der Waals surface area contributed by atoms with Crippen molar-refractivity contribution in [2.45, 2.75) is 39.2 Å². The molecule has 0 aromatic carbocycles. The highest BCUT2D eigenvalue weighted by molar-refractivity contribution is 4.79. The number of nitrogens with zero attached hydrogens (tertiary/aromatic N) is 1. The highest BCUT2D eigenvalue weighted by Crippen LogP contribution is 2.10. The smallest absolute Gasteiger partial charge is 0.0197 e. The first kappa shape index (κ1) is 12.7. The van der Waals surface area contributed by atoms with Gasteiger partial charge in [0.1, 0.15) is 0 Å². The molecule has 88 valence electrons. The Morgan fingerprint density at radius 3 is 3.00 bits per heavy atom. The standard InChI is InChI=1S/C13H26N2/c1-4-5-8-15-9-6-7-14-13(11-15)10-12(2)3/h4,12-14H,1,5-11H2,2-3H3. The molecule has 0 radical (unpaired) electrons. The second-order valence-electron chi connectivity index (χ2n) is 5.01. The van der Waals surface area contributed by atoms with E-state index in [0.717, 1.165) is 12.3 Å². The molecule has 0 amide bonds. The second kappa shape index (κ2) is 7.02. The summed E-state index contributed by atoms with van der Waals surface area (Å²) < 4.78 is 0. The maximum absolute atomic E-state index is 3.79. The molecule has 1 aliphatic rings. The zero-order valence-corrected chi connectivity index (χ0v) is 10.3. The minimum Gasteiger partial charge on any atom is -0.313 e. The Bertz CT molecular complexity index is 177. The molecule has 1 fully saturated rings. The lowest BCUT2D eigenvalue weighted by molar-refractivity contribution is 0.259. The van der Waals surface area contributed by atoms with Gasteiger partial charge in [-0.05, 0) is 38.3 Å². The molecule has 1 heterocycles. The summed E-state index contributed by atoms with van der Waals surface area (Å²) in [5, 5.41) is 3.65. The molecule has 2 heteroatoms. The Kier molecular flexibility index (Phi) is 5.96. The summed E-state index contributed by atoms with van der Waals surface area (Å²) >= 11 is 0. The molecule has 1 saturated heterocycles. The van der Waals surface area contributed by atoms with E-state index in [4.69, 9.17) is 0 Å². The number of rotatable bonds is 5. The van der Waals surface area contributed by atoms with Crippen molar-refractivity contribution in [3.05, 3.63) is 12.7 Å². The molecule has 0 saturated carbocycles. The highest BCUT2D eigenvalue weighted by Gasteiger charge is 2.17. The molecule has 0 aliphatic carbocycles. The Balaban J connectivity index is 2.34. The van der Waals surface area contributed by atoms with E-state index in [0.29, 0.717) is 6.04 Å². The van der Waals surface area contributed by atoms with E-state index in [1.165, 1.54) is 39.0 Å².